The number of aromatic nitrogens is 2. The number of carboxylic acid groups (broad SMARTS) is 1. The van der Waals surface area contributed by atoms with Crippen LogP contribution in [0.1, 0.15) is 32.7 Å². The number of hydrogen-bond donors (Lipinski definition) is 4. The third kappa shape index (κ3) is 6.57. The summed E-state index contributed by atoms with van der Waals surface area (Å²) in [5.41, 5.74) is 3.05. The number of hydrogen-bond acceptors (Lipinski definition) is 5. The van der Waals surface area contributed by atoms with Gasteiger partial charge < -0.3 is 25.5 Å². The smallest absolute Gasteiger partial charge is 0.305 e. The zero-order valence-corrected chi connectivity index (χ0v) is 19.7. The van der Waals surface area contributed by atoms with E-state index >= 15 is 0 Å². The first kappa shape index (κ1) is 25.1. The molecule has 0 radical (unpaired) electrons. The molecule has 2 heterocycles. The van der Waals surface area contributed by atoms with E-state index in [9.17, 15) is 18.8 Å². The number of halogens is 1. The molecule has 4 rings (SSSR count). The molecule has 2 amide bonds. The zero-order chi connectivity index (χ0) is 26.4. The fourth-order valence-corrected chi connectivity index (χ4v) is 3.46. The second-order valence-electron chi connectivity index (χ2n) is 8.15. The Balaban J connectivity index is 1.47. The molecule has 0 aliphatic carbocycles. The van der Waals surface area contributed by atoms with Crippen molar-refractivity contribution in [2.24, 2.45) is 0 Å². The van der Waals surface area contributed by atoms with Crippen molar-refractivity contribution >= 4 is 23.5 Å². The number of carbonyl (C=O) groups excluding carboxylic acids is 2. The van der Waals surface area contributed by atoms with Crippen LogP contribution in [0, 0.1) is 12.7 Å². The number of anilines is 1. The van der Waals surface area contributed by atoms with Gasteiger partial charge >= 0.3 is 5.97 Å². The van der Waals surface area contributed by atoms with Gasteiger partial charge in [0.15, 0.2) is 11.6 Å². The second-order valence-corrected chi connectivity index (χ2v) is 8.15. The van der Waals surface area contributed by atoms with Crippen molar-refractivity contribution in [1.82, 2.24) is 15.3 Å². The Morgan fingerprint density at radius 3 is 2.65 bits per heavy atom. The Bertz CT molecular complexity index is 1470. The highest BCUT2D eigenvalue weighted by molar-refractivity contribution is 6.04. The number of amides is 2. The van der Waals surface area contributed by atoms with Gasteiger partial charge in [-0.1, -0.05) is 12.1 Å². The van der Waals surface area contributed by atoms with E-state index in [0.717, 1.165) is 11.6 Å². The maximum absolute atomic E-state index is 14.5. The van der Waals surface area contributed by atoms with Crippen molar-refractivity contribution in [2.45, 2.75) is 13.3 Å². The molecule has 0 unspecified atom stereocenters. The predicted octanol–water partition coefficient (Wildman–Crippen LogP) is 4.77. The van der Waals surface area contributed by atoms with Crippen LogP contribution in [0.25, 0.3) is 11.4 Å². The quantitative estimate of drug-likeness (QED) is 0.260. The molecule has 0 atom stereocenters. The Morgan fingerprint density at radius 1 is 1.03 bits per heavy atom. The first-order valence-electron chi connectivity index (χ1n) is 11.3. The van der Waals surface area contributed by atoms with E-state index in [0.29, 0.717) is 22.6 Å². The molecule has 0 fully saturated rings. The molecular weight excluding hydrogens is 479 g/mol. The van der Waals surface area contributed by atoms with Crippen LogP contribution >= 0.6 is 0 Å². The van der Waals surface area contributed by atoms with E-state index in [1.807, 2.05) is 25.1 Å². The summed E-state index contributed by atoms with van der Waals surface area (Å²) in [5.74, 6) is -2.37. The number of pyridine rings is 1. The summed E-state index contributed by atoms with van der Waals surface area (Å²) in [7, 11) is 0. The predicted molar refractivity (Wildman–Crippen MR) is 134 cm³/mol. The largest absolute Gasteiger partial charge is 0.481 e. The number of ether oxygens (including phenoxy) is 1. The number of rotatable bonds is 9. The molecule has 0 saturated heterocycles. The molecule has 4 N–H and O–H groups in total. The van der Waals surface area contributed by atoms with Gasteiger partial charge in [-0.3, -0.25) is 19.4 Å². The van der Waals surface area contributed by atoms with Gasteiger partial charge in [0.25, 0.3) is 11.8 Å². The summed E-state index contributed by atoms with van der Waals surface area (Å²) in [6, 6.07) is 15.8. The van der Waals surface area contributed by atoms with Crippen molar-refractivity contribution in [3.8, 4) is 22.9 Å². The molecule has 10 heteroatoms. The van der Waals surface area contributed by atoms with Crippen LogP contribution in [-0.4, -0.2) is 39.4 Å². The summed E-state index contributed by atoms with van der Waals surface area (Å²) in [6.45, 7) is 1.91. The van der Waals surface area contributed by atoms with Crippen molar-refractivity contribution in [3.63, 3.8) is 0 Å². The van der Waals surface area contributed by atoms with Crippen LogP contribution < -0.4 is 15.4 Å². The minimum absolute atomic E-state index is 0.00386. The van der Waals surface area contributed by atoms with Gasteiger partial charge in [-0.05, 0) is 55.0 Å². The fraction of sp³-hybridized carbons (Fsp3) is 0.111. The molecule has 0 bridgehead atoms. The van der Waals surface area contributed by atoms with Crippen LogP contribution in [0.4, 0.5) is 10.1 Å². The lowest BCUT2D eigenvalue weighted by atomic mass is 10.1. The summed E-state index contributed by atoms with van der Waals surface area (Å²) in [5, 5.41) is 14.0. The lowest BCUT2D eigenvalue weighted by Gasteiger charge is -2.10. The standard InChI is InChI=1S/C27H23FN4O5/c1-16-3-2-4-19(11-16)32-27(36)17-5-6-21(28)24(13-17)37-20-7-9-29-23(14-20)22-12-18(15-31-22)26(35)30-10-8-25(33)34/h2-7,9,11-15,31H,8,10H2,1H3,(H,30,35)(H,32,36)(H,33,34). The van der Waals surface area contributed by atoms with Crippen LogP contribution in [0.3, 0.4) is 0 Å². The Kier molecular flexibility index (Phi) is 7.58. The van der Waals surface area contributed by atoms with Gasteiger partial charge in [-0.2, -0.15) is 0 Å². The highest BCUT2D eigenvalue weighted by Gasteiger charge is 2.14. The zero-order valence-electron chi connectivity index (χ0n) is 19.7. The summed E-state index contributed by atoms with van der Waals surface area (Å²) in [4.78, 5) is 42.7. The minimum atomic E-state index is -1.01. The van der Waals surface area contributed by atoms with E-state index in [1.165, 1.54) is 30.6 Å². The Hall–Kier alpha value is -4.99. The average molecular weight is 503 g/mol. The van der Waals surface area contributed by atoms with Crippen LogP contribution in [-0.2, 0) is 4.79 Å². The minimum Gasteiger partial charge on any atom is -0.481 e. The summed E-state index contributed by atoms with van der Waals surface area (Å²) >= 11 is 0. The number of carbonyl (C=O) groups is 3. The van der Waals surface area contributed by atoms with Gasteiger partial charge in [-0.15, -0.1) is 0 Å². The topological polar surface area (TPSA) is 133 Å². The molecule has 0 aliphatic heterocycles. The molecule has 0 aliphatic rings. The molecular formula is C27H23FN4O5. The van der Waals surface area contributed by atoms with Crippen LogP contribution in [0.15, 0.2) is 73.1 Å². The first-order chi connectivity index (χ1) is 17.8. The van der Waals surface area contributed by atoms with E-state index in [1.54, 1.807) is 18.2 Å². The van der Waals surface area contributed by atoms with Crippen LogP contribution in [0.5, 0.6) is 11.5 Å². The van der Waals surface area contributed by atoms with Crippen molar-refractivity contribution in [3.05, 3.63) is 95.6 Å². The van der Waals surface area contributed by atoms with Crippen molar-refractivity contribution < 1.29 is 28.6 Å². The molecule has 188 valence electrons. The lowest BCUT2D eigenvalue weighted by Crippen LogP contribution is -2.25. The maximum atomic E-state index is 14.5. The number of nitrogens with one attached hydrogen (secondary N) is 3. The van der Waals surface area contributed by atoms with E-state index in [-0.39, 0.29) is 30.0 Å². The number of aliphatic carboxylic acids is 1. The Labute approximate surface area is 211 Å². The molecule has 0 spiro atoms. The van der Waals surface area contributed by atoms with Gasteiger partial charge in [0.05, 0.1) is 23.4 Å². The molecule has 37 heavy (non-hydrogen) atoms. The van der Waals surface area contributed by atoms with Crippen molar-refractivity contribution in [2.75, 3.05) is 11.9 Å². The monoisotopic (exact) mass is 502 g/mol. The van der Waals surface area contributed by atoms with Gasteiger partial charge in [0, 0.05) is 36.3 Å². The average Bonchev–Trinajstić information content (AvgIpc) is 3.36. The van der Waals surface area contributed by atoms with Crippen LogP contribution in [0.2, 0.25) is 0 Å². The van der Waals surface area contributed by atoms with Gasteiger partial charge in [-0.25, -0.2) is 4.39 Å². The maximum Gasteiger partial charge on any atom is 0.305 e. The number of benzene rings is 2. The summed E-state index contributed by atoms with van der Waals surface area (Å²) in [6.07, 6.45) is 2.75. The number of aromatic amines is 1. The third-order valence-electron chi connectivity index (χ3n) is 5.27. The third-order valence-corrected chi connectivity index (χ3v) is 5.27. The number of H-pyrrole nitrogens is 1. The summed E-state index contributed by atoms with van der Waals surface area (Å²) < 4.78 is 20.2. The van der Waals surface area contributed by atoms with Crippen molar-refractivity contribution in [1.29, 1.82) is 0 Å². The fourth-order valence-electron chi connectivity index (χ4n) is 3.46. The SMILES string of the molecule is Cc1cccc(NC(=O)c2ccc(F)c(Oc3ccnc(-c4cc(C(=O)NCCC(=O)O)c[nH]4)c3)c2)c1. The number of nitrogens with zero attached hydrogens (tertiary/aromatic N) is 1. The molecule has 2 aromatic heterocycles. The first-order valence-corrected chi connectivity index (χ1v) is 11.3. The molecule has 2 aromatic carbocycles. The highest BCUT2D eigenvalue weighted by Crippen LogP contribution is 2.28. The molecule has 4 aromatic rings. The number of carboxylic acids is 1. The van der Waals surface area contributed by atoms with Gasteiger partial charge in [0.2, 0.25) is 0 Å². The lowest BCUT2D eigenvalue weighted by molar-refractivity contribution is -0.136. The molecule has 9 nitrogen and oxygen atoms in total. The normalized spacial score (nSPS) is 10.5. The Morgan fingerprint density at radius 2 is 1.86 bits per heavy atom. The number of aryl methyl sites for hydroxylation is 1. The second kappa shape index (κ2) is 11.2. The van der Waals surface area contributed by atoms with Gasteiger partial charge in [0.1, 0.15) is 5.75 Å². The van der Waals surface area contributed by atoms with E-state index in [4.69, 9.17) is 9.84 Å². The van der Waals surface area contributed by atoms with E-state index < -0.39 is 23.6 Å². The van der Waals surface area contributed by atoms with E-state index in [2.05, 4.69) is 20.6 Å². The highest BCUT2D eigenvalue weighted by atomic mass is 19.1. The molecule has 0 saturated carbocycles.